The lowest BCUT2D eigenvalue weighted by Gasteiger charge is -2.09. The van der Waals surface area contributed by atoms with Gasteiger partial charge in [0, 0.05) is 19.1 Å². The molecule has 0 heterocycles. The van der Waals surface area contributed by atoms with E-state index in [2.05, 4.69) is 5.32 Å². The Hall–Kier alpha value is -1.13. The van der Waals surface area contributed by atoms with Crippen LogP contribution in [0.3, 0.4) is 0 Å². The molecule has 0 aliphatic heterocycles. The lowest BCUT2D eigenvalue weighted by molar-refractivity contribution is 0.321. The van der Waals surface area contributed by atoms with Crippen LogP contribution in [-0.2, 0) is 6.54 Å². The second-order valence-electron chi connectivity index (χ2n) is 3.81. The van der Waals surface area contributed by atoms with E-state index in [9.17, 15) is 4.39 Å². The molecule has 3 nitrogen and oxygen atoms in total. The Labute approximate surface area is 95.8 Å². The third-order valence-electron chi connectivity index (χ3n) is 2.09. The molecule has 1 aromatic carbocycles. The van der Waals surface area contributed by atoms with E-state index in [0.717, 1.165) is 12.1 Å². The molecule has 0 aromatic heterocycles. The molecule has 0 aliphatic carbocycles. The summed E-state index contributed by atoms with van der Waals surface area (Å²) in [5, 5.41) is 3.15. The Balaban J connectivity index is 2.52. The van der Waals surface area contributed by atoms with Gasteiger partial charge in [-0.2, -0.15) is 0 Å². The molecule has 4 heteroatoms. The van der Waals surface area contributed by atoms with Crippen LogP contribution in [0, 0.1) is 5.82 Å². The number of benzene rings is 1. The summed E-state index contributed by atoms with van der Waals surface area (Å²) < 4.78 is 18.6. The predicted octanol–water partition coefficient (Wildman–Crippen LogP) is 1.66. The highest BCUT2D eigenvalue weighted by atomic mass is 19.1. The van der Waals surface area contributed by atoms with Crippen molar-refractivity contribution in [3.63, 3.8) is 0 Å². The largest absolute Gasteiger partial charge is 0.491 e. The van der Waals surface area contributed by atoms with Crippen LogP contribution >= 0.6 is 0 Å². The number of nitrogens with one attached hydrogen (secondary N) is 1. The van der Waals surface area contributed by atoms with Crippen LogP contribution in [0.25, 0.3) is 0 Å². The summed E-state index contributed by atoms with van der Waals surface area (Å²) in [7, 11) is 0. The van der Waals surface area contributed by atoms with Crippen LogP contribution in [-0.4, -0.2) is 19.2 Å². The van der Waals surface area contributed by atoms with E-state index in [0.29, 0.717) is 18.9 Å². The fourth-order valence-corrected chi connectivity index (χ4v) is 1.37. The van der Waals surface area contributed by atoms with Crippen molar-refractivity contribution in [2.45, 2.75) is 26.4 Å². The van der Waals surface area contributed by atoms with Gasteiger partial charge in [0.25, 0.3) is 0 Å². The fraction of sp³-hybridized carbons (Fsp3) is 0.500. The summed E-state index contributed by atoms with van der Waals surface area (Å²) in [5.41, 5.74) is 6.48. The first-order valence-electron chi connectivity index (χ1n) is 5.51. The van der Waals surface area contributed by atoms with E-state index in [1.54, 1.807) is 6.07 Å². The van der Waals surface area contributed by atoms with Gasteiger partial charge >= 0.3 is 0 Å². The summed E-state index contributed by atoms with van der Waals surface area (Å²) in [4.78, 5) is 0. The van der Waals surface area contributed by atoms with Gasteiger partial charge in [-0.1, -0.05) is 6.07 Å². The van der Waals surface area contributed by atoms with Crippen LogP contribution in [0.2, 0.25) is 0 Å². The monoisotopic (exact) mass is 226 g/mol. The third-order valence-corrected chi connectivity index (χ3v) is 2.09. The third kappa shape index (κ3) is 4.16. The zero-order valence-electron chi connectivity index (χ0n) is 9.79. The molecule has 1 rings (SSSR count). The molecule has 0 spiro atoms. The number of hydrogen-bond acceptors (Lipinski definition) is 3. The lowest BCUT2D eigenvalue weighted by Crippen LogP contribution is -2.30. The van der Waals surface area contributed by atoms with Crippen LogP contribution in [0.5, 0.6) is 5.75 Å². The Morgan fingerprint density at radius 2 is 2.25 bits per heavy atom. The molecule has 0 aliphatic rings. The van der Waals surface area contributed by atoms with Crippen molar-refractivity contribution in [2.75, 3.05) is 13.2 Å². The smallest absolute Gasteiger partial charge is 0.165 e. The highest BCUT2D eigenvalue weighted by molar-refractivity contribution is 5.29. The van der Waals surface area contributed by atoms with Gasteiger partial charge < -0.3 is 15.8 Å². The molecule has 0 radical (unpaired) electrons. The first kappa shape index (κ1) is 12.9. The Kier molecular flexibility index (Phi) is 5.22. The molecule has 0 saturated carbocycles. The number of hydrogen-bond donors (Lipinski definition) is 2. The van der Waals surface area contributed by atoms with Crippen molar-refractivity contribution in [3.05, 3.63) is 29.6 Å². The van der Waals surface area contributed by atoms with E-state index in [1.807, 2.05) is 19.9 Å². The quantitative estimate of drug-likeness (QED) is 0.775. The molecule has 0 amide bonds. The average molecular weight is 226 g/mol. The van der Waals surface area contributed by atoms with Crippen LogP contribution in [0.4, 0.5) is 4.39 Å². The maximum atomic E-state index is 13.4. The van der Waals surface area contributed by atoms with Crippen molar-refractivity contribution < 1.29 is 9.13 Å². The zero-order valence-corrected chi connectivity index (χ0v) is 9.79. The average Bonchev–Trinajstić information content (AvgIpc) is 2.21. The maximum absolute atomic E-state index is 13.4. The summed E-state index contributed by atoms with van der Waals surface area (Å²) >= 11 is 0. The van der Waals surface area contributed by atoms with E-state index in [1.165, 1.54) is 6.07 Å². The number of nitrogens with two attached hydrogens (primary N) is 1. The van der Waals surface area contributed by atoms with Crippen molar-refractivity contribution in [3.8, 4) is 5.75 Å². The molecule has 0 fully saturated rings. The van der Waals surface area contributed by atoms with Gasteiger partial charge in [-0.3, -0.25) is 0 Å². The minimum Gasteiger partial charge on any atom is -0.491 e. The minimum absolute atomic E-state index is 0.104. The molecule has 1 aromatic rings. The molecule has 0 bridgehead atoms. The molecular formula is C12H19FN2O. The van der Waals surface area contributed by atoms with Crippen molar-refractivity contribution >= 4 is 0 Å². The van der Waals surface area contributed by atoms with Gasteiger partial charge in [0.05, 0.1) is 6.61 Å². The summed E-state index contributed by atoms with van der Waals surface area (Å²) in [6.07, 6.45) is 0. The van der Waals surface area contributed by atoms with Crippen LogP contribution < -0.4 is 15.8 Å². The van der Waals surface area contributed by atoms with Gasteiger partial charge in [0.1, 0.15) is 0 Å². The van der Waals surface area contributed by atoms with E-state index >= 15 is 0 Å². The molecule has 0 saturated heterocycles. The highest BCUT2D eigenvalue weighted by Gasteiger charge is 2.04. The first-order chi connectivity index (χ1) is 7.63. The van der Waals surface area contributed by atoms with Crippen molar-refractivity contribution in [1.29, 1.82) is 0 Å². The second kappa shape index (κ2) is 6.45. The topological polar surface area (TPSA) is 47.3 Å². The van der Waals surface area contributed by atoms with E-state index in [-0.39, 0.29) is 11.9 Å². The van der Waals surface area contributed by atoms with E-state index in [4.69, 9.17) is 10.5 Å². The molecule has 1 unspecified atom stereocenters. The normalized spacial score (nSPS) is 12.5. The first-order valence-corrected chi connectivity index (χ1v) is 5.51. The second-order valence-corrected chi connectivity index (χ2v) is 3.81. The van der Waals surface area contributed by atoms with Gasteiger partial charge in [0.2, 0.25) is 0 Å². The lowest BCUT2D eigenvalue weighted by atomic mass is 10.2. The zero-order chi connectivity index (χ0) is 12.0. The van der Waals surface area contributed by atoms with Gasteiger partial charge in [-0.05, 0) is 31.5 Å². The van der Waals surface area contributed by atoms with Crippen LogP contribution in [0.15, 0.2) is 18.2 Å². The molecule has 1 atom stereocenters. The Morgan fingerprint density at radius 3 is 2.81 bits per heavy atom. The SMILES string of the molecule is CCOc1ccc(CNCC(C)N)cc1F. The maximum Gasteiger partial charge on any atom is 0.165 e. The molecule has 90 valence electrons. The van der Waals surface area contributed by atoms with E-state index < -0.39 is 0 Å². The number of rotatable bonds is 6. The van der Waals surface area contributed by atoms with Gasteiger partial charge in [0.15, 0.2) is 11.6 Å². The van der Waals surface area contributed by atoms with Crippen LogP contribution in [0.1, 0.15) is 19.4 Å². The van der Waals surface area contributed by atoms with Gasteiger partial charge in [-0.15, -0.1) is 0 Å². The molecular weight excluding hydrogens is 207 g/mol. The molecule has 16 heavy (non-hydrogen) atoms. The Bertz CT molecular complexity index is 329. The fourth-order valence-electron chi connectivity index (χ4n) is 1.37. The summed E-state index contributed by atoms with van der Waals surface area (Å²) in [5.74, 6) is -0.0135. The standard InChI is InChI=1S/C12H19FN2O/c1-3-16-12-5-4-10(6-11(12)13)8-15-7-9(2)14/h4-6,9,15H,3,7-8,14H2,1-2H3. The Morgan fingerprint density at radius 1 is 1.50 bits per heavy atom. The minimum atomic E-state index is -0.318. The number of halogens is 1. The van der Waals surface area contributed by atoms with Crippen molar-refractivity contribution in [1.82, 2.24) is 5.32 Å². The van der Waals surface area contributed by atoms with Crippen molar-refractivity contribution in [2.24, 2.45) is 5.73 Å². The van der Waals surface area contributed by atoms with Gasteiger partial charge in [-0.25, -0.2) is 4.39 Å². The summed E-state index contributed by atoms with van der Waals surface area (Å²) in [6.45, 7) is 5.56. The predicted molar refractivity (Wildman–Crippen MR) is 62.9 cm³/mol. The summed E-state index contributed by atoms with van der Waals surface area (Å²) in [6, 6.07) is 5.09. The highest BCUT2D eigenvalue weighted by Crippen LogP contribution is 2.18. The molecule has 3 N–H and O–H groups in total. The number of ether oxygens (including phenoxy) is 1.